The van der Waals surface area contributed by atoms with Crippen LogP contribution in [0.4, 0.5) is 0 Å². The van der Waals surface area contributed by atoms with Gasteiger partial charge in [0.1, 0.15) is 0 Å². The molecule has 1 atom stereocenters. The van der Waals surface area contributed by atoms with Gasteiger partial charge in [0.05, 0.1) is 0 Å². The Labute approximate surface area is 105 Å². The molecule has 2 rings (SSSR count). The number of rotatable bonds is 5. The molecule has 1 aromatic rings. The van der Waals surface area contributed by atoms with Crippen LogP contribution in [0.15, 0.2) is 30.3 Å². The smallest absolute Gasteiger partial charge is 0.0281 e. The Balaban J connectivity index is 1.93. The van der Waals surface area contributed by atoms with Gasteiger partial charge in [-0.3, -0.25) is 4.90 Å². The molecule has 0 spiro atoms. The Kier molecular flexibility index (Phi) is 4.19. The lowest BCUT2D eigenvalue weighted by atomic mass is 9.99. The van der Waals surface area contributed by atoms with Crippen LogP contribution >= 0.6 is 0 Å². The maximum Gasteiger partial charge on any atom is 0.0281 e. The van der Waals surface area contributed by atoms with Crippen LogP contribution in [0.1, 0.15) is 32.3 Å². The van der Waals surface area contributed by atoms with E-state index in [-0.39, 0.29) is 0 Å². The van der Waals surface area contributed by atoms with Crippen molar-refractivity contribution in [2.24, 2.45) is 0 Å². The highest BCUT2D eigenvalue weighted by Crippen LogP contribution is 2.20. The molecule has 1 aromatic carbocycles. The largest absolute Gasteiger partial charge is 0.310 e. The standard InChI is InChI=1S/C15H24N2/c1-3-17(12-14-8-5-4-6-9-14)13-15(2)10-7-11-16-15/h4-6,8-9,16H,3,7,10-13H2,1-2H3. The molecule has 0 amide bonds. The number of hydrogen-bond acceptors (Lipinski definition) is 2. The second-order valence-corrected chi connectivity index (χ2v) is 5.38. The van der Waals surface area contributed by atoms with Gasteiger partial charge in [-0.25, -0.2) is 0 Å². The first-order valence-electron chi connectivity index (χ1n) is 6.73. The average molecular weight is 232 g/mol. The van der Waals surface area contributed by atoms with Crippen molar-refractivity contribution in [3.63, 3.8) is 0 Å². The molecular formula is C15H24N2. The molecule has 1 heterocycles. The van der Waals surface area contributed by atoms with Crippen molar-refractivity contribution in [1.29, 1.82) is 0 Å². The summed E-state index contributed by atoms with van der Waals surface area (Å²) >= 11 is 0. The summed E-state index contributed by atoms with van der Waals surface area (Å²) in [6.45, 7) is 9.12. The van der Waals surface area contributed by atoms with E-state index in [2.05, 4.69) is 54.4 Å². The van der Waals surface area contributed by atoms with Crippen LogP contribution in [0.25, 0.3) is 0 Å². The van der Waals surface area contributed by atoms with Gasteiger partial charge in [0.25, 0.3) is 0 Å². The maximum absolute atomic E-state index is 3.64. The summed E-state index contributed by atoms with van der Waals surface area (Å²) in [6, 6.07) is 10.8. The predicted octanol–water partition coefficient (Wildman–Crippen LogP) is 2.65. The molecule has 2 nitrogen and oxygen atoms in total. The van der Waals surface area contributed by atoms with E-state index >= 15 is 0 Å². The second kappa shape index (κ2) is 5.65. The summed E-state index contributed by atoms with van der Waals surface area (Å²) in [6.07, 6.45) is 2.62. The summed E-state index contributed by atoms with van der Waals surface area (Å²) in [7, 11) is 0. The van der Waals surface area contributed by atoms with E-state index in [1.807, 2.05) is 0 Å². The molecule has 0 aromatic heterocycles. The van der Waals surface area contributed by atoms with Crippen molar-refractivity contribution >= 4 is 0 Å². The molecule has 1 saturated heterocycles. The van der Waals surface area contributed by atoms with Crippen molar-refractivity contribution in [3.05, 3.63) is 35.9 Å². The van der Waals surface area contributed by atoms with E-state index in [0.717, 1.165) is 19.6 Å². The number of benzene rings is 1. The predicted molar refractivity (Wildman–Crippen MR) is 73.0 cm³/mol. The van der Waals surface area contributed by atoms with Gasteiger partial charge in [-0.15, -0.1) is 0 Å². The van der Waals surface area contributed by atoms with E-state index in [9.17, 15) is 0 Å². The van der Waals surface area contributed by atoms with Gasteiger partial charge < -0.3 is 5.32 Å². The summed E-state index contributed by atoms with van der Waals surface area (Å²) in [5.41, 5.74) is 1.74. The fraction of sp³-hybridized carbons (Fsp3) is 0.600. The third kappa shape index (κ3) is 3.55. The normalized spacial score (nSPS) is 24.4. The molecule has 1 N–H and O–H groups in total. The van der Waals surface area contributed by atoms with Crippen LogP contribution in [-0.4, -0.2) is 30.1 Å². The quantitative estimate of drug-likeness (QED) is 0.839. The fourth-order valence-electron chi connectivity index (χ4n) is 2.71. The molecule has 0 aliphatic carbocycles. The molecule has 17 heavy (non-hydrogen) atoms. The van der Waals surface area contributed by atoms with Gasteiger partial charge in [-0.1, -0.05) is 37.3 Å². The molecule has 1 fully saturated rings. The van der Waals surface area contributed by atoms with Crippen LogP contribution in [-0.2, 0) is 6.54 Å². The van der Waals surface area contributed by atoms with E-state index < -0.39 is 0 Å². The van der Waals surface area contributed by atoms with Gasteiger partial charge in [0, 0.05) is 18.6 Å². The molecule has 0 radical (unpaired) electrons. The highest BCUT2D eigenvalue weighted by Gasteiger charge is 2.29. The Morgan fingerprint density at radius 1 is 1.29 bits per heavy atom. The third-order valence-corrected chi connectivity index (χ3v) is 3.73. The van der Waals surface area contributed by atoms with Crippen molar-refractivity contribution in [1.82, 2.24) is 10.2 Å². The maximum atomic E-state index is 3.64. The average Bonchev–Trinajstić information content (AvgIpc) is 2.76. The summed E-state index contributed by atoms with van der Waals surface area (Å²) in [4.78, 5) is 2.54. The van der Waals surface area contributed by atoms with Crippen molar-refractivity contribution in [3.8, 4) is 0 Å². The molecule has 0 saturated carbocycles. The number of nitrogens with zero attached hydrogens (tertiary/aromatic N) is 1. The van der Waals surface area contributed by atoms with Gasteiger partial charge in [-0.05, 0) is 38.4 Å². The molecular weight excluding hydrogens is 208 g/mol. The number of nitrogens with one attached hydrogen (secondary N) is 1. The van der Waals surface area contributed by atoms with E-state index in [4.69, 9.17) is 0 Å². The first-order chi connectivity index (χ1) is 8.22. The fourth-order valence-corrected chi connectivity index (χ4v) is 2.71. The minimum absolute atomic E-state index is 0.324. The molecule has 1 aliphatic rings. The van der Waals surface area contributed by atoms with E-state index in [1.165, 1.54) is 24.9 Å². The number of likely N-dealkylation sites (N-methyl/N-ethyl adjacent to an activating group) is 1. The van der Waals surface area contributed by atoms with Crippen LogP contribution in [0.2, 0.25) is 0 Å². The zero-order chi connectivity index (χ0) is 12.1. The van der Waals surface area contributed by atoms with Crippen molar-refractivity contribution in [2.45, 2.75) is 38.8 Å². The van der Waals surface area contributed by atoms with Gasteiger partial charge in [0.2, 0.25) is 0 Å². The zero-order valence-electron chi connectivity index (χ0n) is 11.1. The third-order valence-electron chi connectivity index (χ3n) is 3.73. The Bertz CT molecular complexity index is 328. The Morgan fingerprint density at radius 2 is 2.06 bits per heavy atom. The minimum Gasteiger partial charge on any atom is -0.310 e. The lowest BCUT2D eigenvalue weighted by Crippen LogP contribution is -2.47. The van der Waals surface area contributed by atoms with Crippen molar-refractivity contribution < 1.29 is 0 Å². The topological polar surface area (TPSA) is 15.3 Å². The van der Waals surface area contributed by atoms with Gasteiger partial charge in [0.15, 0.2) is 0 Å². The Hall–Kier alpha value is -0.860. The summed E-state index contributed by atoms with van der Waals surface area (Å²) in [5, 5.41) is 3.64. The molecule has 1 aliphatic heterocycles. The summed E-state index contributed by atoms with van der Waals surface area (Å²) in [5.74, 6) is 0. The lowest BCUT2D eigenvalue weighted by molar-refractivity contribution is 0.204. The van der Waals surface area contributed by atoms with Crippen LogP contribution in [0.3, 0.4) is 0 Å². The monoisotopic (exact) mass is 232 g/mol. The van der Waals surface area contributed by atoms with Crippen molar-refractivity contribution in [2.75, 3.05) is 19.6 Å². The molecule has 94 valence electrons. The molecule has 0 bridgehead atoms. The Morgan fingerprint density at radius 3 is 2.65 bits per heavy atom. The zero-order valence-corrected chi connectivity index (χ0v) is 11.1. The highest BCUT2D eigenvalue weighted by molar-refractivity contribution is 5.14. The van der Waals surface area contributed by atoms with E-state index in [1.54, 1.807) is 0 Å². The summed E-state index contributed by atoms with van der Waals surface area (Å²) < 4.78 is 0. The van der Waals surface area contributed by atoms with Crippen LogP contribution < -0.4 is 5.32 Å². The van der Waals surface area contributed by atoms with Crippen LogP contribution in [0.5, 0.6) is 0 Å². The second-order valence-electron chi connectivity index (χ2n) is 5.38. The molecule has 1 unspecified atom stereocenters. The minimum atomic E-state index is 0.324. The first kappa shape index (κ1) is 12.6. The van der Waals surface area contributed by atoms with Gasteiger partial charge in [-0.2, -0.15) is 0 Å². The van der Waals surface area contributed by atoms with Crippen LogP contribution in [0, 0.1) is 0 Å². The first-order valence-corrected chi connectivity index (χ1v) is 6.73. The molecule has 2 heteroatoms. The lowest BCUT2D eigenvalue weighted by Gasteiger charge is -2.32. The van der Waals surface area contributed by atoms with Gasteiger partial charge >= 0.3 is 0 Å². The SMILES string of the molecule is CCN(Cc1ccccc1)CC1(C)CCCN1. The number of hydrogen-bond donors (Lipinski definition) is 1. The van der Waals surface area contributed by atoms with E-state index in [0.29, 0.717) is 5.54 Å². The highest BCUT2D eigenvalue weighted by atomic mass is 15.2.